The molecule has 0 spiro atoms. The highest BCUT2D eigenvalue weighted by atomic mass is 127. The molecule has 0 atom stereocenters. The third-order valence-electron chi connectivity index (χ3n) is 3.66. The standard InChI is InChI=1S/C21H24IN3O4/c1-3-28-18-13-15(12-17(22)21(18)29-4-2)14-23-25-20(27)11-10-19(26)24-16-8-6-5-7-9-16/h5-9,12-14H,3-4,10-11H2,1-2H3,(H,24,26)(H,25,27). The van der Waals surface area contributed by atoms with Crippen molar-refractivity contribution in [2.45, 2.75) is 26.7 Å². The number of benzene rings is 2. The predicted octanol–water partition coefficient (Wildman–Crippen LogP) is 3.96. The lowest BCUT2D eigenvalue weighted by Gasteiger charge is -2.13. The number of carbonyl (C=O) groups excluding carboxylic acids is 2. The molecule has 0 bridgehead atoms. The molecule has 2 rings (SSSR count). The van der Waals surface area contributed by atoms with Gasteiger partial charge in [0, 0.05) is 18.5 Å². The van der Waals surface area contributed by atoms with Crippen molar-refractivity contribution >= 4 is 46.3 Å². The highest BCUT2D eigenvalue weighted by Crippen LogP contribution is 2.33. The second-order valence-electron chi connectivity index (χ2n) is 5.90. The van der Waals surface area contributed by atoms with Gasteiger partial charge in [-0.05, 0) is 66.3 Å². The fourth-order valence-corrected chi connectivity index (χ4v) is 3.20. The van der Waals surface area contributed by atoms with E-state index >= 15 is 0 Å². The van der Waals surface area contributed by atoms with Crippen LogP contribution in [0.4, 0.5) is 5.69 Å². The lowest BCUT2D eigenvalue weighted by atomic mass is 10.2. The van der Waals surface area contributed by atoms with Crippen molar-refractivity contribution in [3.63, 3.8) is 0 Å². The molecule has 2 aromatic rings. The van der Waals surface area contributed by atoms with Crippen LogP contribution in [-0.2, 0) is 9.59 Å². The molecule has 8 heteroatoms. The fraction of sp³-hybridized carbons (Fsp3) is 0.286. The minimum atomic E-state index is -0.338. The van der Waals surface area contributed by atoms with Crippen LogP contribution in [0.15, 0.2) is 47.6 Å². The Bertz CT molecular complexity index is 857. The van der Waals surface area contributed by atoms with Crippen molar-refractivity contribution < 1.29 is 19.1 Å². The van der Waals surface area contributed by atoms with Crippen molar-refractivity contribution in [2.24, 2.45) is 5.10 Å². The number of hydrazone groups is 1. The maximum Gasteiger partial charge on any atom is 0.240 e. The second-order valence-corrected chi connectivity index (χ2v) is 7.07. The highest BCUT2D eigenvalue weighted by Gasteiger charge is 2.11. The Hall–Kier alpha value is -2.62. The van der Waals surface area contributed by atoms with Crippen molar-refractivity contribution in [3.05, 3.63) is 51.6 Å². The van der Waals surface area contributed by atoms with Gasteiger partial charge in [0.05, 0.1) is 23.0 Å². The minimum Gasteiger partial charge on any atom is -0.490 e. The number of para-hydroxylation sites is 1. The quantitative estimate of drug-likeness (QED) is 0.289. The number of hydrogen-bond donors (Lipinski definition) is 2. The summed E-state index contributed by atoms with van der Waals surface area (Å²) in [4.78, 5) is 23.8. The zero-order valence-electron chi connectivity index (χ0n) is 16.4. The van der Waals surface area contributed by atoms with Gasteiger partial charge in [0.1, 0.15) is 0 Å². The molecule has 2 aromatic carbocycles. The van der Waals surface area contributed by atoms with Crippen molar-refractivity contribution in [3.8, 4) is 11.5 Å². The lowest BCUT2D eigenvalue weighted by molar-refractivity contribution is -0.124. The lowest BCUT2D eigenvalue weighted by Crippen LogP contribution is -2.20. The summed E-state index contributed by atoms with van der Waals surface area (Å²) in [6.45, 7) is 4.87. The number of hydrogen-bond acceptors (Lipinski definition) is 5. The molecule has 0 aliphatic rings. The number of halogens is 1. The average molecular weight is 509 g/mol. The zero-order valence-corrected chi connectivity index (χ0v) is 18.6. The summed E-state index contributed by atoms with van der Waals surface area (Å²) in [5.74, 6) is 0.764. The summed E-state index contributed by atoms with van der Waals surface area (Å²) >= 11 is 2.17. The molecule has 0 aliphatic carbocycles. The molecule has 154 valence electrons. The van der Waals surface area contributed by atoms with E-state index in [1.54, 1.807) is 18.2 Å². The summed E-state index contributed by atoms with van der Waals surface area (Å²) < 4.78 is 12.1. The number of carbonyl (C=O) groups is 2. The fourth-order valence-electron chi connectivity index (χ4n) is 2.42. The van der Waals surface area contributed by atoms with E-state index in [2.05, 4.69) is 38.4 Å². The van der Waals surface area contributed by atoms with Crippen LogP contribution in [0.5, 0.6) is 11.5 Å². The molecule has 2 amide bonds. The van der Waals surface area contributed by atoms with Crippen LogP contribution >= 0.6 is 22.6 Å². The van der Waals surface area contributed by atoms with Gasteiger partial charge in [-0.2, -0.15) is 5.10 Å². The molecule has 0 aromatic heterocycles. The van der Waals surface area contributed by atoms with E-state index in [0.29, 0.717) is 30.4 Å². The van der Waals surface area contributed by atoms with Gasteiger partial charge in [-0.25, -0.2) is 5.43 Å². The topological polar surface area (TPSA) is 89.0 Å². The molecule has 0 radical (unpaired) electrons. The second kappa shape index (κ2) is 12.1. The van der Waals surface area contributed by atoms with Gasteiger partial charge in [0.2, 0.25) is 11.8 Å². The van der Waals surface area contributed by atoms with Crippen LogP contribution in [-0.4, -0.2) is 31.2 Å². The third-order valence-corrected chi connectivity index (χ3v) is 4.46. The first-order valence-electron chi connectivity index (χ1n) is 9.29. The molecule has 29 heavy (non-hydrogen) atoms. The first kappa shape index (κ1) is 22.7. The molecular weight excluding hydrogens is 485 g/mol. The maximum absolute atomic E-state index is 11.9. The minimum absolute atomic E-state index is 0.0427. The van der Waals surface area contributed by atoms with Crippen molar-refractivity contribution in [2.75, 3.05) is 18.5 Å². The normalized spacial score (nSPS) is 10.6. The summed E-state index contributed by atoms with van der Waals surface area (Å²) in [7, 11) is 0. The molecule has 2 N–H and O–H groups in total. The van der Waals surface area contributed by atoms with Crippen LogP contribution < -0.4 is 20.2 Å². The summed E-state index contributed by atoms with van der Waals surface area (Å²) in [5.41, 5.74) is 3.90. The predicted molar refractivity (Wildman–Crippen MR) is 122 cm³/mol. The Kier molecular flexibility index (Phi) is 9.42. The molecule has 0 unspecified atom stereocenters. The number of nitrogens with zero attached hydrogens (tertiary/aromatic N) is 1. The van der Waals surface area contributed by atoms with Gasteiger partial charge in [-0.3, -0.25) is 9.59 Å². The Balaban J connectivity index is 1.86. The average Bonchev–Trinajstić information content (AvgIpc) is 2.70. The first-order valence-corrected chi connectivity index (χ1v) is 10.4. The molecule has 0 saturated heterocycles. The number of anilines is 1. The number of nitrogens with one attached hydrogen (secondary N) is 2. The van der Waals surface area contributed by atoms with Crippen LogP contribution in [0.2, 0.25) is 0 Å². The largest absolute Gasteiger partial charge is 0.490 e. The Labute approximate surface area is 184 Å². The van der Waals surface area contributed by atoms with Gasteiger partial charge < -0.3 is 14.8 Å². The molecule has 0 aliphatic heterocycles. The van der Waals surface area contributed by atoms with Crippen LogP contribution in [0.25, 0.3) is 0 Å². The monoisotopic (exact) mass is 509 g/mol. The van der Waals surface area contributed by atoms with E-state index in [4.69, 9.17) is 9.47 Å². The van der Waals surface area contributed by atoms with Gasteiger partial charge in [0.25, 0.3) is 0 Å². The first-order chi connectivity index (χ1) is 14.0. The molecular formula is C21H24IN3O4. The van der Waals surface area contributed by atoms with Crippen LogP contribution in [0, 0.1) is 3.57 Å². The maximum atomic E-state index is 11.9. The van der Waals surface area contributed by atoms with Gasteiger partial charge in [0.15, 0.2) is 11.5 Å². The number of rotatable bonds is 10. The van der Waals surface area contributed by atoms with Crippen LogP contribution in [0.3, 0.4) is 0 Å². The molecule has 7 nitrogen and oxygen atoms in total. The number of amides is 2. The third kappa shape index (κ3) is 7.72. The van der Waals surface area contributed by atoms with Gasteiger partial charge in [-0.15, -0.1) is 0 Å². The summed E-state index contributed by atoms with van der Waals surface area (Å²) in [6, 6.07) is 12.8. The molecule has 0 fully saturated rings. The van der Waals surface area contributed by atoms with Crippen molar-refractivity contribution in [1.82, 2.24) is 5.43 Å². The van der Waals surface area contributed by atoms with Gasteiger partial charge in [-0.1, -0.05) is 18.2 Å². The molecule has 0 heterocycles. The Morgan fingerprint density at radius 2 is 1.72 bits per heavy atom. The summed E-state index contributed by atoms with van der Waals surface area (Å²) in [6.07, 6.45) is 1.65. The Morgan fingerprint density at radius 3 is 2.41 bits per heavy atom. The molecule has 0 saturated carbocycles. The smallest absolute Gasteiger partial charge is 0.240 e. The SMILES string of the molecule is CCOc1cc(C=NNC(=O)CCC(=O)Nc2ccccc2)cc(I)c1OCC. The highest BCUT2D eigenvalue weighted by molar-refractivity contribution is 14.1. The van der Waals surface area contributed by atoms with E-state index in [0.717, 1.165) is 9.13 Å². The summed E-state index contributed by atoms with van der Waals surface area (Å²) in [5, 5.41) is 6.70. The van der Waals surface area contributed by atoms with E-state index in [1.165, 1.54) is 6.21 Å². The zero-order chi connectivity index (χ0) is 21.1. The number of ether oxygens (including phenoxy) is 2. The van der Waals surface area contributed by atoms with Gasteiger partial charge >= 0.3 is 0 Å². The van der Waals surface area contributed by atoms with E-state index in [1.807, 2.05) is 38.1 Å². The van der Waals surface area contributed by atoms with Crippen molar-refractivity contribution in [1.29, 1.82) is 0 Å². The van der Waals surface area contributed by atoms with E-state index in [-0.39, 0.29) is 24.7 Å². The Morgan fingerprint density at radius 1 is 1.03 bits per heavy atom. The van der Waals surface area contributed by atoms with E-state index < -0.39 is 0 Å². The van der Waals surface area contributed by atoms with E-state index in [9.17, 15) is 9.59 Å². The van der Waals surface area contributed by atoms with Crippen LogP contribution in [0.1, 0.15) is 32.3 Å².